The van der Waals surface area contributed by atoms with Gasteiger partial charge in [-0.1, -0.05) is 12.6 Å². The highest BCUT2D eigenvalue weighted by Gasteiger charge is 2.16. The van der Waals surface area contributed by atoms with Crippen molar-refractivity contribution in [3.8, 4) is 0 Å². The van der Waals surface area contributed by atoms with Gasteiger partial charge in [0.25, 0.3) is 0 Å². The summed E-state index contributed by atoms with van der Waals surface area (Å²) >= 11 is 0. The van der Waals surface area contributed by atoms with Crippen molar-refractivity contribution in [2.75, 3.05) is 25.0 Å². The number of anilines is 1. The molecule has 0 heterocycles. The molecule has 0 unspecified atom stereocenters. The lowest BCUT2D eigenvalue weighted by Gasteiger charge is -2.22. The normalized spacial score (nSPS) is 10.8. The fourth-order valence-electron chi connectivity index (χ4n) is 2.02. The highest BCUT2D eigenvalue weighted by molar-refractivity contribution is 6.09. The van der Waals surface area contributed by atoms with E-state index in [4.69, 9.17) is 0 Å². The first kappa shape index (κ1) is 16.0. The number of hydrogen-bond donors (Lipinski definition) is 1. The second-order valence-corrected chi connectivity index (χ2v) is 4.25. The fraction of sp³-hybridized carbons (Fsp3) is 0.400. The standard InChI is InChI=1S/C15H21N3O2/c1-5-18(6-2)13-8-7-12(10-19)14(9-13)15(20)11(3)17-16-4/h7-9,19H,3,5-6,10H2,1-2,4H3. The van der Waals surface area contributed by atoms with Gasteiger partial charge in [-0.2, -0.15) is 10.2 Å². The van der Waals surface area contributed by atoms with Gasteiger partial charge in [0.15, 0.2) is 0 Å². The van der Waals surface area contributed by atoms with Gasteiger partial charge in [0.2, 0.25) is 5.78 Å². The second kappa shape index (κ2) is 7.55. The molecule has 0 bridgehead atoms. The first-order chi connectivity index (χ1) is 9.58. The molecule has 0 spiro atoms. The van der Waals surface area contributed by atoms with Crippen molar-refractivity contribution in [1.29, 1.82) is 0 Å². The molecule has 5 heteroatoms. The van der Waals surface area contributed by atoms with E-state index in [-0.39, 0.29) is 18.1 Å². The zero-order chi connectivity index (χ0) is 15.1. The maximum atomic E-state index is 12.3. The third kappa shape index (κ3) is 3.51. The average molecular weight is 275 g/mol. The SMILES string of the molecule is C=C(N=NC)C(=O)c1cc(N(CC)CC)ccc1CO. The van der Waals surface area contributed by atoms with Crippen LogP contribution in [0.4, 0.5) is 5.69 Å². The number of carbonyl (C=O) groups excluding carboxylic acids is 1. The van der Waals surface area contributed by atoms with Crippen LogP contribution in [0.15, 0.2) is 40.7 Å². The minimum Gasteiger partial charge on any atom is -0.392 e. The Hall–Kier alpha value is -2.01. The Bertz CT molecular complexity index is 520. The number of benzene rings is 1. The van der Waals surface area contributed by atoms with Crippen LogP contribution in [-0.2, 0) is 6.61 Å². The first-order valence-corrected chi connectivity index (χ1v) is 6.61. The van der Waals surface area contributed by atoms with E-state index in [1.54, 1.807) is 12.1 Å². The van der Waals surface area contributed by atoms with Crippen LogP contribution in [0.3, 0.4) is 0 Å². The molecule has 0 fully saturated rings. The number of nitrogens with zero attached hydrogens (tertiary/aromatic N) is 3. The van der Waals surface area contributed by atoms with Crippen LogP contribution in [0.25, 0.3) is 0 Å². The van der Waals surface area contributed by atoms with Gasteiger partial charge in [-0.15, -0.1) is 0 Å². The molecular formula is C15H21N3O2. The van der Waals surface area contributed by atoms with Gasteiger partial charge in [0.1, 0.15) is 5.70 Å². The lowest BCUT2D eigenvalue weighted by atomic mass is 10.0. The van der Waals surface area contributed by atoms with E-state index >= 15 is 0 Å². The Labute approximate surface area is 119 Å². The minimum atomic E-state index is -0.311. The Kier molecular flexibility index (Phi) is 6.06. The largest absolute Gasteiger partial charge is 0.392 e. The average Bonchev–Trinajstić information content (AvgIpc) is 2.47. The molecule has 0 atom stereocenters. The lowest BCUT2D eigenvalue weighted by Crippen LogP contribution is -2.22. The summed E-state index contributed by atoms with van der Waals surface area (Å²) in [5.41, 5.74) is 2.00. The monoisotopic (exact) mass is 275 g/mol. The van der Waals surface area contributed by atoms with Crippen LogP contribution in [0, 0.1) is 0 Å². The highest BCUT2D eigenvalue weighted by atomic mass is 16.3. The molecule has 1 rings (SSSR count). The zero-order valence-electron chi connectivity index (χ0n) is 12.3. The third-order valence-corrected chi connectivity index (χ3v) is 3.12. The van der Waals surface area contributed by atoms with Crippen molar-refractivity contribution < 1.29 is 9.90 Å². The molecule has 1 aromatic carbocycles. The maximum absolute atomic E-state index is 12.3. The van der Waals surface area contributed by atoms with E-state index in [0.717, 1.165) is 18.8 Å². The zero-order valence-corrected chi connectivity index (χ0v) is 12.3. The molecule has 5 nitrogen and oxygen atoms in total. The van der Waals surface area contributed by atoms with E-state index in [2.05, 4.69) is 35.6 Å². The fourth-order valence-corrected chi connectivity index (χ4v) is 2.02. The summed E-state index contributed by atoms with van der Waals surface area (Å²) in [7, 11) is 1.48. The summed E-state index contributed by atoms with van der Waals surface area (Å²) in [6, 6.07) is 5.44. The van der Waals surface area contributed by atoms with Crippen LogP contribution >= 0.6 is 0 Å². The van der Waals surface area contributed by atoms with Gasteiger partial charge in [0, 0.05) is 31.4 Å². The Morgan fingerprint density at radius 2 is 2.00 bits per heavy atom. The summed E-state index contributed by atoms with van der Waals surface area (Å²) in [4.78, 5) is 14.4. The molecule has 0 aliphatic heterocycles. The van der Waals surface area contributed by atoms with Crippen molar-refractivity contribution >= 4 is 11.5 Å². The number of ketones is 1. The lowest BCUT2D eigenvalue weighted by molar-refractivity contribution is 0.102. The van der Waals surface area contributed by atoms with Gasteiger partial charge < -0.3 is 10.0 Å². The molecule has 20 heavy (non-hydrogen) atoms. The molecule has 0 radical (unpaired) electrons. The predicted molar refractivity (Wildman–Crippen MR) is 80.2 cm³/mol. The van der Waals surface area contributed by atoms with E-state index in [0.29, 0.717) is 11.1 Å². The highest BCUT2D eigenvalue weighted by Crippen LogP contribution is 2.22. The molecular weight excluding hydrogens is 254 g/mol. The summed E-state index contributed by atoms with van der Waals surface area (Å²) in [5.74, 6) is -0.311. The summed E-state index contributed by atoms with van der Waals surface area (Å²) in [6.45, 7) is 9.20. The van der Waals surface area contributed by atoms with Crippen LogP contribution in [-0.4, -0.2) is 31.0 Å². The second-order valence-electron chi connectivity index (χ2n) is 4.25. The first-order valence-electron chi connectivity index (χ1n) is 6.61. The van der Waals surface area contributed by atoms with E-state index < -0.39 is 0 Å². The van der Waals surface area contributed by atoms with Crippen molar-refractivity contribution in [2.24, 2.45) is 10.2 Å². The van der Waals surface area contributed by atoms with Gasteiger partial charge in [0.05, 0.1) is 6.61 Å². The number of allylic oxidation sites excluding steroid dienone is 1. The number of rotatable bonds is 7. The minimum absolute atomic E-state index is 0.0684. The molecule has 0 aromatic heterocycles. The number of azo groups is 1. The summed E-state index contributed by atoms with van der Waals surface area (Å²) < 4.78 is 0. The number of aliphatic hydroxyl groups is 1. The smallest absolute Gasteiger partial charge is 0.213 e. The molecule has 0 saturated carbocycles. The third-order valence-electron chi connectivity index (χ3n) is 3.12. The molecule has 0 saturated heterocycles. The topological polar surface area (TPSA) is 65.3 Å². The summed E-state index contributed by atoms with van der Waals surface area (Å²) in [6.07, 6.45) is 0. The van der Waals surface area contributed by atoms with E-state index in [1.807, 2.05) is 6.07 Å². The van der Waals surface area contributed by atoms with Crippen LogP contribution in [0.2, 0.25) is 0 Å². The Morgan fingerprint density at radius 1 is 1.35 bits per heavy atom. The number of hydrogen-bond acceptors (Lipinski definition) is 5. The molecule has 108 valence electrons. The van der Waals surface area contributed by atoms with Crippen molar-refractivity contribution in [3.05, 3.63) is 41.6 Å². The maximum Gasteiger partial charge on any atom is 0.213 e. The Morgan fingerprint density at radius 3 is 2.50 bits per heavy atom. The molecule has 1 aromatic rings. The van der Waals surface area contributed by atoms with Crippen LogP contribution in [0.1, 0.15) is 29.8 Å². The quantitative estimate of drug-likeness (QED) is 0.473. The van der Waals surface area contributed by atoms with E-state index in [1.165, 1.54) is 7.05 Å². The van der Waals surface area contributed by atoms with Gasteiger partial charge in [-0.05, 0) is 31.5 Å². The number of carbonyl (C=O) groups is 1. The van der Waals surface area contributed by atoms with Crippen LogP contribution < -0.4 is 4.90 Å². The van der Waals surface area contributed by atoms with Gasteiger partial charge in [-0.25, -0.2) is 0 Å². The van der Waals surface area contributed by atoms with Crippen molar-refractivity contribution in [2.45, 2.75) is 20.5 Å². The molecule has 0 aliphatic carbocycles. The summed E-state index contributed by atoms with van der Waals surface area (Å²) in [5, 5.41) is 16.6. The van der Waals surface area contributed by atoms with E-state index in [9.17, 15) is 9.90 Å². The molecule has 0 amide bonds. The molecule has 0 aliphatic rings. The van der Waals surface area contributed by atoms with Crippen molar-refractivity contribution in [1.82, 2.24) is 0 Å². The van der Waals surface area contributed by atoms with Gasteiger partial charge >= 0.3 is 0 Å². The molecule has 1 N–H and O–H groups in total. The van der Waals surface area contributed by atoms with Crippen LogP contribution in [0.5, 0.6) is 0 Å². The van der Waals surface area contributed by atoms with Gasteiger partial charge in [-0.3, -0.25) is 4.79 Å². The predicted octanol–water partition coefficient (Wildman–Crippen LogP) is 2.80. The number of aliphatic hydroxyl groups excluding tert-OH is 1. The Balaban J connectivity index is 3.24. The van der Waals surface area contributed by atoms with Crippen molar-refractivity contribution in [3.63, 3.8) is 0 Å². The number of Topliss-reactive ketones (excluding diaryl/α,β-unsaturated/α-hetero) is 1.